The Hall–Kier alpha value is -1.26. The van der Waals surface area contributed by atoms with Gasteiger partial charge in [0.2, 0.25) is 0 Å². The predicted octanol–water partition coefficient (Wildman–Crippen LogP) is 2.43. The van der Waals surface area contributed by atoms with Crippen LogP contribution >= 0.6 is 0 Å². The number of nitrogens with one attached hydrogen (secondary N) is 1. The van der Waals surface area contributed by atoms with Gasteiger partial charge in [0, 0.05) is 12.1 Å². The van der Waals surface area contributed by atoms with Crippen LogP contribution in [0.15, 0.2) is 18.2 Å². The number of rotatable bonds is 8. The number of hydrogen-bond acceptors (Lipinski definition) is 4. The van der Waals surface area contributed by atoms with Gasteiger partial charge in [-0.25, -0.2) is 0 Å². The molecule has 0 amide bonds. The Labute approximate surface area is 115 Å². The van der Waals surface area contributed by atoms with Crippen molar-refractivity contribution in [2.45, 2.75) is 45.7 Å². The van der Waals surface area contributed by atoms with Crippen LogP contribution in [0.25, 0.3) is 0 Å². The van der Waals surface area contributed by atoms with E-state index < -0.39 is 0 Å². The van der Waals surface area contributed by atoms with E-state index in [9.17, 15) is 10.2 Å². The van der Waals surface area contributed by atoms with E-state index in [0.717, 1.165) is 18.4 Å². The van der Waals surface area contributed by atoms with Gasteiger partial charge in [0.25, 0.3) is 0 Å². The second kappa shape index (κ2) is 7.36. The van der Waals surface area contributed by atoms with Gasteiger partial charge in [0.1, 0.15) is 0 Å². The summed E-state index contributed by atoms with van der Waals surface area (Å²) in [5.41, 5.74) is 0.796. The highest BCUT2D eigenvalue weighted by molar-refractivity contribution is 5.41. The summed E-state index contributed by atoms with van der Waals surface area (Å²) in [7, 11) is 0. The average Bonchev–Trinajstić information content (AvgIpc) is 2.44. The van der Waals surface area contributed by atoms with Gasteiger partial charge in [-0.15, -0.1) is 0 Å². The number of ether oxygens (including phenoxy) is 1. The first-order valence-electron chi connectivity index (χ1n) is 6.91. The molecule has 4 nitrogen and oxygen atoms in total. The minimum atomic E-state index is -0.232. The van der Waals surface area contributed by atoms with E-state index in [2.05, 4.69) is 19.2 Å². The lowest BCUT2D eigenvalue weighted by Crippen LogP contribution is -2.47. The fourth-order valence-electron chi connectivity index (χ4n) is 2.01. The number of aliphatic hydroxyl groups is 1. The molecule has 0 aliphatic heterocycles. The number of phenolic OH excluding ortho intramolecular Hbond substituents is 1. The summed E-state index contributed by atoms with van der Waals surface area (Å²) in [6.07, 6.45) is 1.74. The van der Waals surface area contributed by atoms with Crippen LogP contribution in [-0.4, -0.2) is 29.0 Å². The molecule has 0 bridgehead atoms. The Bertz CT molecular complexity index is 381. The zero-order valence-electron chi connectivity index (χ0n) is 12.1. The summed E-state index contributed by atoms with van der Waals surface area (Å²) in [5, 5.41) is 22.6. The van der Waals surface area contributed by atoms with Crippen molar-refractivity contribution in [2.24, 2.45) is 0 Å². The van der Waals surface area contributed by atoms with E-state index in [1.807, 2.05) is 19.1 Å². The molecule has 0 heterocycles. The predicted molar refractivity (Wildman–Crippen MR) is 76.5 cm³/mol. The molecular weight excluding hydrogens is 242 g/mol. The summed E-state index contributed by atoms with van der Waals surface area (Å²) >= 11 is 0. The van der Waals surface area contributed by atoms with E-state index in [4.69, 9.17) is 4.74 Å². The first-order valence-corrected chi connectivity index (χ1v) is 6.91. The molecule has 0 spiro atoms. The quantitative estimate of drug-likeness (QED) is 0.677. The molecule has 4 heteroatoms. The average molecular weight is 267 g/mol. The van der Waals surface area contributed by atoms with Gasteiger partial charge in [-0.2, -0.15) is 0 Å². The normalized spacial score (nSPS) is 11.6. The van der Waals surface area contributed by atoms with E-state index in [-0.39, 0.29) is 17.9 Å². The fourth-order valence-corrected chi connectivity index (χ4v) is 2.01. The molecule has 0 atom stereocenters. The first-order chi connectivity index (χ1) is 9.10. The van der Waals surface area contributed by atoms with Gasteiger partial charge < -0.3 is 20.3 Å². The molecule has 0 fully saturated rings. The van der Waals surface area contributed by atoms with Gasteiger partial charge >= 0.3 is 0 Å². The van der Waals surface area contributed by atoms with Crippen LogP contribution in [0.5, 0.6) is 11.5 Å². The van der Waals surface area contributed by atoms with Crippen molar-refractivity contribution in [3.05, 3.63) is 23.8 Å². The van der Waals surface area contributed by atoms with E-state index in [0.29, 0.717) is 18.9 Å². The molecule has 108 valence electrons. The number of benzene rings is 1. The SMILES string of the molecule is CCOc1cc(CNC(CC)(CC)CO)ccc1O. The number of aliphatic hydroxyl groups excluding tert-OH is 1. The van der Waals surface area contributed by atoms with Crippen LogP contribution in [0.3, 0.4) is 0 Å². The highest BCUT2D eigenvalue weighted by atomic mass is 16.5. The second-order valence-electron chi connectivity index (χ2n) is 4.73. The van der Waals surface area contributed by atoms with Crippen molar-refractivity contribution < 1.29 is 14.9 Å². The molecule has 0 unspecified atom stereocenters. The molecule has 0 radical (unpaired) electrons. The number of hydrogen-bond donors (Lipinski definition) is 3. The molecular formula is C15H25NO3. The van der Waals surface area contributed by atoms with E-state index in [1.54, 1.807) is 6.07 Å². The lowest BCUT2D eigenvalue weighted by atomic mass is 9.93. The molecule has 1 aromatic carbocycles. The van der Waals surface area contributed by atoms with Crippen molar-refractivity contribution in [1.82, 2.24) is 5.32 Å². The molecule has 3 N–H and O–H groups in total. The minimum Gasteiger partial charge on any atom is -0.504 e. The maximum atomic E-state index is 9.65. The van der Waals surface area contributed by atoms with Gasteiger partial charge in [-0.3, -0.25) is 0 Å². The Morgan fingerprint density at radius 2 is 1.89 bits per heavy atom. The van der Waals surface area contributed by atoms with Gasteiger partial charge in [-0.1, -0.05) is 19.9 Å². The Morgan fingerprint density at radius 3 is 2.42 bits per heavy atom. The summed E-state index contributed by atoms with van der Waals surface area (Å²) in [4.78, 5) is 0. The number of phenols is 1. The largest absolute Gasteiger partial charge is 0.504 e. The highest BCUT2D eigenvalue weighted by Gasteiger charge is 2.24. The maximum absolute atomic E-state index is 9.65. The van der Waals surface area contributed by atoms with Crippen LogP contribution in [0.2, 0.25) is 0 Å². The third-order valence-electron chi connectivity index (χ3n) is 3.65. The summed E-state index contributed by atoms with van der Waals surface area (Å²) < 4.78 is 5.36. The van der Waals surface area contributed by atoms with Crippen LogP contribution < -0.4 is 10.1 Å². The molecule has 0 saturated heterocycles. The zero-order chi connectivity index (χ0) is 14.3. The van der Waals surface area contributed by atoms with Gasteiger partial charge in [0.15, 0.2) is 11.5 Å². The molecule has 1 aromatic rings. The minimum absolute atomic E-state index is 0.121. The lowest BCUT2D eigenvalue weighted by molar-refractivity contribution is 0.149. The molecule has 0 aromatic heterocycles. The summed E-state index contributed by atoms with van der Waals surface area (Å²) in [5.74, 6) is 0.661. The Kier molecular flexibility index (Phi) is 6.12. The van der Waals surface area contributed by atoms with Crippen molar-refractivity contribution in [3.63, 3.8) is 0 Å². The van der Waals surface area contributed by atoms with Crippen LogP contribution in [0, 0.1) is 0 Å². The van der Waals surface area contributed by atoms with Gasteiger partial charge in [-0.05, 0) is 37.5 Å². The third-order valence-corrected chi connectivity index (χ3v) is 3.65. The Morgan fingerprint density at radius 1 is 1.21 bits per heavy atom. The molecule has 19 heavy (non-hydrogen) atoms. The molecule has 1 rings (SSSR count). The van der Waals surface area contributed by atoms with E-state index in [1.165, 1.54) is 0 Å². The fraction of sp³-hybridized carbons (Fsp3) is 0.600. The molecule has 0 aliphatic rings. The van der Waals surface area contributed by atoms with Crippen LogP contribution in [0.4, 0.5) is 0 Å². The highest BCUT2D eigenvalue weighted by Crippen LogP contribution is 2.27. The second-order valence-corrected chi connectivity index (χ2v) is 4.73. The topological polar surface area (TPSA) is 61.7 Å². The van der Waals surface area contributed by atoms with Crippen molar-refractivity contribution in [1.29, 1.82) is 0 Å². The first kappa shape index (κ1) is 15.8. The Balaban J connectivity index is 2.74. The molecule has 0 aliphatic carbocycles. The third kappa shape index (κ3) is 4.11. The van der Waals surface area contributed by atoms with Crippen molar-refractivity contribution >= 4 is 0 Å². The van der Waals surface area contributed by atoms with E-state index >= 15 is 0 Å². The monoisotopic (exact) mass is 267 g/mol. The van der Waals surface area contributed by atoms with Crippen LogP contribution in [0.1, 0.15) is 39.2 Å². The number of aromatic hydroxyl groups is 1. The lowest BCUT2D eigenvalue weighted by Gasteiger charge is -2.31. The van der Waals surface area contributed by atoms with Gasteiger partial charge in [0.05, 0.1) is 13.2 Å². The summed E-state index contributed by atoms with van der Waals surface area (Å²) in [6, 6.07) is 5.33. The smallest absolute Gasteiger partial charge is 0.161 e. The van der Waals surface area contributed by atoms with Crippen molar-refractivity contribution in [2.75, 3.05) is 13.2 Å². The van der Waals surface area contributed by atoms with Crippen LogP contribution in [-0.2, 0) is 6.54 Å². The zero-order valence-corrected chi connectivity index (χ0v) is 12.1. The maximum Gasteiger partial charge on any atom is 0.161 e. The molecule has 0 saturated carbocycles. The van der Waals surface area contributed by atoms with Crippen molar-refractivity contribution in [3.8, 4) is 11.5 Å². The summed E-state index contributed by atoms with van der Waals surface area (Å²) in [6.45, 7) is 7.30. The standard InChI is InChI=1S/C15H25NO3/c1-4-15(5-2,11-17)16-10-12-7-8-13(18)14(9-12)19-6-3/h7-9,16-18H,4-6,10-11H2,1-3H3.